The van der Waals surface area contributed by atoms with Gasteiger partial charge >= 0.3 is 12.1 Å². The molecular formula is C26H32N2O8S. The molecule has 1 atom stereocenters. The van der Waals surface area contributed by atoms with Crippen molar-refractivity contribution in [2.75, 3.05) is 18.9 Å². The molecule has 0 fully saturated rings. The lowest BCUT2D eigenvalue weighted by Crippen LogP contribution is -2.48. The first kappa shape index (κ1) is 28.1. The highest BCUT2D eigenvalue weighted by Gasteiger charge is 2.30. The van der Waals surface area contributed by atoms with Crippen molar-refractivity contribution in [2.24, 2.45) is 0 Å². The molecule has 0 saturated heterocycles. The summed E-state index contributed by atoms with van der Waals surface area (Å²) >= 11 is 0. The molecule has 0 heterocycles. The summed E-state index contributed by atoms with van der Waals surface area (Å²) in [4.78, 5) is 37.5. The zero-order valence-corrected chi connectivity index (χ0v) is 21.8. The zero-order valence-electron chi connectivity index (χ0n) is 21.0. The molecule has 1 aliphatic rings. The number of carbonyl (C=O) groups excluding carboxylic acids is 3. The average molecular weight is 533 g/mol. The van der Waals surface area contributed by atoms with Crippen molar-refractivity contribution in [3.05, 3.63) is 59.7 Å². The zero-order chi connectivity index (χ0) is 27.2. The number of amides is 2. The number of carbonyl (C=O) groups is 3. The van der Waals surface area contributed by atoms with Crippen molar-refractivity contribution < 1.29 is 36.8 Å². The van der Waals surface area contributed by atoms with Crippen LogP contribution in [0.25, 0.3) is 11.1 Å². The fourth-order valence-corrected chi connectivity index (χ4v) is 4.49. The summed E-state index contributed by atoms with van der Waals surface area (Å²) < 4.78 is 41.5. The van der Waals surface area contributed by atoms with E-state index in [0.717, 1.165) is 22.3 Å². The molecule has 0 aliphatic heterocycles. The summed E-state index contributed by atoms with van der Waals surface area (Å²) in [6, 6.07) is 14.5. The quantitative estimate of drug-likeness (QED) is 0.312. The van der Waals surface area contributed by atoms with E-state index in [4.69, 9.17) is 14.0 Å². The Kier molecular flexibility index (Phi) is 8.93. The Hall–Kier alpha value is -3.44. The molecule has 1 unspecified atom stereocenters. The maximum Gasteiger partial charge on any atom is 0.407 e. The van der Waals surface area contributed by atoms with Crippen molar-refractivity contribution in [3.63, 3.8) is 0 Å². The number of alkyl carbamates (subject to hydrolysis) is 1. The van der Waals surface area contributed by atoms with Gasteiger partial charge in [0.2, 0.25) is 5.91 Å². The maximum absolute atomic E-state index is 12.7. The van der Waals surface area contributed by atoms with E-state index in [0.29, 0.717) is 0 Å². The van der Waals surface area contributed by atoms with Crippen molar-refractivity contribution in [1.29, 1.82) is 0 Å². The normalized spacial score (nSPS) is 13.7. The third kappa shape index (κ3) is 8.29. The molecule has 0 spiro atoms. The predicted molar refractivity (Wildman–Crippen MR) is 136 cm³/mol. The van der Waals surface area contributed by atoms with E-state index in [9.17, 15) is 22.8 Å². The molecule has 0 radical (unpaired) electrons. The fraction of sp³-hybridized carbons (Fsp3) is 0.423. The Morgan fingerprint density at radius 1 is 1.00 bits per heavy atom. The molecule has 11 heteroatoms. The van der Waals surface area contributed by atoms with Gasteiger partial charge in [-0.05, 0) is 49.4 Å². The second-order valence-electron chi connectivity index (χ2n) is 9.72. The van der Waals surface area contributed by atoms with Crippen LogP contribution in [-0.4, -0.2) is 61.5 Å². The minimum Gasteiger partial charge on any atom is -0.460 e. The molecule has 200 valence electrons. The predicted octanol–water partition coefficient (Wildman–Crippen LogP) is 3.02. The van der Waals surface area contributed by atoms with Crippen LogP contribution in [0.4, 0.5) is 4.79 Å². The molecule has 2 aromatic rings. The lowest BCUT2D eigenvalue weighted by molar-refractivity contribution is -0.155. The standard InChI is InChI=1S/C26H32N2O8S/c1-26(2,3)36-23(29)13-12-22(24(30)27-14-15-37(32,33)34)28-25(31)35-16-21-19-10-6-4-8-17(19)18-9-5-7-11-20(18)21/h4-11,21-22H,12-16H2,1-3H3,(H,27,30)(H,28,31)(H,32,33,34). The Morgan fingerprint density at radius 2 is 1.57 bits per heavy atom. The molecule has 0 saturated carbocycles. The molecule has 2 amide bonds. The molecule has 3 N–H and O–H groups in total. The summed E-state index contributed by atoms with van der Waals surface area (Å²) in [5, 5.41) is 4.80. The third-order valence-electron chi connectivity index (χ3n) is 5.67. The first-order valence-electron chi connectivity index (χ1n) is 11.9. The largest absolute Gasteiger partial charge is 0.460 e. The Labute approximate surface area is 216 Å². The maximum atomic E-state index is 12.7. The van der Waals surface area contributed by atoms with Gasteiger partial charge in [0.25, 0.3) is 10.1 Å². The van der Waals surface area contributed by atoms with E-state index >= 15 is 0 Å². The van der Waals surface area contributed by atoms with Crippen LogP contribution < -0.4 is 10.6 Å². The first-order chi connectivity index (χ1) is 17.3. The van der Waals surface area contributed by atoms with Crippen LogP contribution in [0.1, 0.15) is 50.7 Å². The molecule has 0 bridgehead atoms. The van der Waals surface area contributed by atoms with Gasteiger partial charge in [0, 0.05) is 18.9 Å². The minimum atomic E-state index is -4.28. The van der Waals surface area contributed by atoms with Gasteiger partial charge in [-0.15, -0.1) is 0 Å². The van der Waals surface area contributed by atoms with Crippen LogP contribution in [-0.2, 0) is 29.2 Å². The minimum absolute atomic E-state index is 0.0308. The summed E-state index contributed by atoms with van der Waals surface area (Å²) in [5.41, 5.74) is 3.48. The lowest BCUT2D eigenvalue weighted by atomic mass is 9.98. The van der Waals surface area contributed by atoms with Crippen molar-refractivity contribution in [3.8, 4) is 11.1 Å². The highest BCUT2D eigenvalue weighted by Crippen LogP contribution is 2.44. The number of benzene rings is 2. The van der Waals surface area contributed by atoms with E-state index in [-0.39, 0.29) is 31.9 Å². The van der Waals surface area contributed by atoms with Gasteiger partial charge in [-0.25, -0.2) is 4.79 Å². The van der Waals surface area contributed by atoms with Crippen LogP contribution in [0.3, 0.4) is 0 Å². The van der Waals surface area contributed by atoms with Crippen LogP contribution in [0.5, 0.6) is 0 Å². The number of hydrogen-bond acceptors (Lipinski definition) is 7. The van der Waals surface area contributed by atoms with Crippen LogP contribution >= 0.6 is 0 Å². The van der Waals surface area contributed by atoms with E-state index in [1.807, 2.05) is 48.5 Å². The number of rotatable bonds is 10. The molecule has 10 nitrogen and oxygen atoms in total. The molecule has 3 rings (SSSR count). The van der Waals surface area contributed by atoms with Gasteiger partial charge in [-0.3, -0.25) is 14.1 Å². The summed E-state index contributed by atoms with van der Waals surface area (Å²) in [5.74, 6) is -2.15. The Bertz CT molecular complexity index is 1210. The number of esters is 1. The molecule has 37 heavy (non-hydrogen) atoms. The van der Waals surface area contributed by atoms with Crippen LogP contribution in [0.2, 0.25) is 0 Å². The number of hydrogen-bond donors (Lipinski definition) is 3. The van der Waals surface area contributed by atoms with Crippen molar-refractivity contribution >= 4 is 28.1 Å². The van der Waals surface area contributed by atoms with E-state index in [1.54, 1.807) is 20.8 Å². The Morgan fingerprint density at radius 3 is 2.11 bits per heavy atom. The van der Waals surface area contributed by atoms with Crippen LogP contribution in [0, 0.1) is 0 Å². The highest BCUT2D eigenvalue weighted by molar-refractivity contribution is 7.85. The molecule has 1 aliphatic carbocycles. The lowest BCUT2D eigenvalue weighted by Gasteiger charge is -2.22. The summed E-state index contributed by atoms with van der Waals surface area (Å²) in [7, 11) is -4.28. The van der Waals surface area contributed by atoms with Gasteiger partial charge in [0.15, 0.2) is 0 Å². The molecule has 2 aromatic carbocycles. The summed E-state index contributed by atoms with van der Waals surface area (Å²) in [6.07, 6.45) is -1.13. The monoisotopic (exact) mass is 532 g/mol. The molecular weight excluding hydrogens is 500 g/mol. The molecule has 0 aromatic heterocycles. The van der Waals surface area contributed by atoms with Crippen molar-refractivity contribution in [1.82, 2.24) is 10.6 Å². The average Bonchev–Trinajstić information content (AvgIpc) is 3.12. The van der Waals surface area contributed by atoms with Gasteiger partial charge in [0.1, 0.15) is 18.2 Å². The number of ether oxygens (including phenoxy) is 2. The SMILES string of the molecule is CC(C)(C)OC(=O)CCC(NC(=O)OCC1c2ccccc2-c2ccccc21)C(=O)NCCS(=O)(=O)O. The van der Waals surface area contributed by atoms with Crippen molar-refractivity contribution in [2.45, 2.75) is 51.2 Å². The van der Waals surface area contributed by atoms with Gasteiger partial charge in [0.05, 0.1) is 5.75 Å². The van der Waals surface area contributed by atoms with E-state index in [2.05, 4.69) is 10.6 Å². The van der Waals surface area contributed by atoms with Gasteiger partial charge in [-0.1, -0.05) is 48.5 Å². The smallest absolute Gasteiger partial charge is 0.407 e. The van der Waals surface area contributed by atoms with E-state index in [1.165, 1.54) is 0 Å². The second-order valence-corrected chi connectivity index (χ2v) is 11.3. The number of nitrogens with one attached hydrogen (secondary N) is 2. The van der Waals surface area contributed by atoms with Crippen LogP contribution in [0.15, 0.2) is 48.5 Å². The van der Waals surface area contributed by atoms with Gasteiger partial charge in [-0.2, -0.15) is 8.42 Å². The first-order valence-corrected chi connectivity index (χ1v) is 13.5. The van der Waals surface area contributed by atoms with Gasteiger partial charge < -0.3 is 20.1 Å². The highest BCUT2D eigenvalue weighted by atomic mass is 32.2. The topological polar surface area (TPSA) is 148 Å². The summed E-state index contributed by atoms with van der Waals surface area (Å²) in [6.45, 7) is 4.79. The van der Waals surface area contributed by atoms with E-state index < -0.39 is 45.5 Å². The second kappa shape index (κ2) is 11.7. The Balaban J connectivity index is 1.64. The number of fused-ring (bicyclic) bond motifs is 3. The third-order valence-corrected chi connectivity index (χ3v) is 6.39. The fourth-order valence-electron chi connectivity index (χ4n) is 4.13.